The maximum Gasteiger partial charge on any atom is 0.254 e. The molecule has 23 heavy (non-hydrogen) atoms. The predicted octanol–water partition coefficient (Wildman–Crippen LogP) is 1.78. The van der Waals surface area contributed by atoms with E-state index in [0.29, 0.717) is 24.5 Å². The molecule has 9 heteroatoms. The summed E-state index contributed by atoms with van der Waals surface area (Å²) in [5, 5.41) is 5.73. The van der Waals surface area contributed by atoms with E-state index in [-0.39, 0.29) is 30.7 Å². The monoisotopic (exact) mass is 362 g/mol. The van der Waals surface area contributed by atoms with E-state index in [9.17, 15) is 9.18 Å². The molecule has 0 unspecified atom stereocenters. The van der Waals surface area contributed by atoms with Crippen LogP contribution in [0.3, 0.4) is 0 Å². The molecule has 1 aromatic heterocycles. The number of amides is 1. The van der Waals surface area contributed by atoms with Crippen LogP contribution in [0.15, 0.2) is 36.9 Å². The highest BCUT2D eigenvalue weighted by molar-refractivity contribution is 5.94. The molecule has 3 rings (SSSR count). The topological polar surface area (TPSA) is 68.2 Å². The van der Waals surface area contributed by atoms with E-state index in [1.54, 1.807) is 29.1 Å². The average molecular weight is 363 g/mol. The Labute approximate surface area is 145 Å². The van der Waals surface area contributed by atoms with Crippen LogP contribution in [0.25, 0.3) is 5.69 Å². The summed E-state index contributed by atoms with van der Waals surface area (Å²) in [4.78, 5) is 15.9. The number of carbonyl (C=O) groups excluding carboxylic acids is 1. The summed E-state index contributed by atoms with van der Waals surface area (Å²) < 4.78 is 21.0. The molecule has 1 fully saturated rings. The number of ether oxygens (including phenoxy) is 1. The molecular formula is C14H17Cl2FN4O2. The van der Waals surface area contributed by atoms with E-state index in [2.05, 4.69) is 15.6 Å². The van der Waals surface area contributed by atoms with Gasteiger partial charge >= 0.3 is 0 Å². The molecule has 1 aliphatic rings. The van der Waals surface area contributed by atoms with Gasteiger partial charge in [-0.25, -0.2) is 9.37 Å². The first-order valence-electron chi connectivity index (χ1n) is 6.65. The summed E-state index contributed by atoms with van der Waals surface area (Å²) in [5.74, 6) is -0.717. The lowest BCUT2D eigenvalue weighted by Gasteiger charge is -2.22. The maximum atomic E-state index is 14.1. The predicted molar refractivity (Wildman–Crippen MR) is 89.3 cm³/mol. The van der Waals surface area contributed by atoms with Crippen molar-refractivity contribution in [3.8, 4) is 5.69 Å². The van der Waals surface area contributed by atoms with Gasteiger partial charge < -0.3 is 19.9 Å². The lowest BCUT2D eigenvalue weighted by molar-refractivity contribution is -0.128. The molecule has 2 aromatic rings. The van der Waals surface area contributed by atoms with E-state index in [4.69, 9.17) is 4.74 Å². The maximum absolute atomic E-state index is 14.1. The Balaban J connectivity index is 0.00000132. The first-order chi connectivity index (χ1) is 10.2. The minimum Gasteiger partial charge on any atom is -0.366 e. The summed E-state index contributed by atoms with van der Waals surface area (Å²) in [5.41, 5.74) is 0.775. The third-order valence-electron chi connectivity index (χ3n) is 3.22. The largest absolute Gasteiger partial charge is 0.366 e. The van der Waals surface area contributed by atoms with Gasteiger partial charge in [-0.3, -0.25) is 4.79 Å². The highest BCUT2D eigenvalue weighted by Gasteiger charge is 2.21. The van der Waals surface area contributed by atoms with Gasteiger partial charge in [0.1, 0.15) is 11.9 Å². The molecule has 1 amide bonds. The molecule has 0 bridgehead atoms. The van der Waals surface area contributed by atoms with Crippen LogP contribution >= 0.6 is 24.8 Å². The van der Waals surface area contributed by atoms with E-state index in [0.717, 1.165) is 6.54 Å². The number of imidazole rings is 1. The Morgan fingerprint density at radius 1 is 1.43 bits per heavy atom. The van der Waals surface area contributed by atoms with Crippen LogP contribution in [0.2, 0.25) is 0 Å². The van der Waals surface area contributed by atoms with Crippen molar-refractivity contribution in [2.24, 2.45) is 0 Å². The van der Waals surface area contributed by atoms with E-state index >= 15 is 0 Å². The van der Waals surface area contributed by atoms with Gasteiger partial charge in [-0.2, -0.15) is 0 Å². The fraction of sp³-hybridized carbons (Fsp3) is 0.286. The molecule has 2 N–H and O–H groups in total. The minimum atomic E-state index is -0.546. The number of hydrogen-bond donors (Lipinski definition) is 2. The van der Waals surface area contributed by atoms with Crippen molar-refractivity contribution in [3.05, 3.63) is 42.7 Å². The van der Waals surface area contributed by atoms with E-state index in [1.165, 1.54) is 12.4 Å². The molecule has 0 radical (unpaired) electrons. The fourth-order valence-corrected chi connectivity index (χ4v) is 2.15. The number of morpholine rings is 1. The Morgan fingerprint density at radius 2 is 2.26 bits per heavy atom. The first-order valence-corrected chi connectivity index (χ1v) is 6.65. The van der Waals surface area contributed by atoms with Crippen molar-refractivity contribution < 1.29 is 13.9 Å². The third-order valence-corrected chi connectivity index (χ3v) is 3.22. The minimum absolute atomic E-state index is 0. The van der Waals surface area contributed by atoms with Gasteiger partial charge in [-0.1, -0.05) is 0 Å². The molecule has 126 valence electrons. The zero-order valence-corrected chi connectivity index (χ0v) is 13.7. The SMILES string of the molecule is Cl.Cl.O=C(Nc1ccc(-n2ccnc2)c(F)c1)[C@H]1CNCCO1. The number of benzene rings is 1. The highest BCUT2D eigenvalue weighted by atomic mass is 35.5. The smallest absolute Gasteiger partial charge is 0.254 e. The van der Waals surface area contributed by atoms with Gasteiger partial charge in [0.25, 0.3) is 5.91 Å². The Morgan fingerprint density at radius 3 is 2.87 bits per heavy atom. The molecule has 1 aromatic carbocycles. The molecule has 0 saturated carbocycles. The normalized spacial score (nSPS) is 16.8. The standard InChI is InChI=1S/C14H15FN4O2.2ClH/c15-11-7-10(1-2-12(11)19-5-3-17-9-19)18-14(20)13-8-16-4-6-21-13;;/h1-3,5,7,9,13,16H,4,6,8H2,(H,18,20);2*1H/t13-;;/m1../s1. The van der Waals surface area contributed by atoms with Crippen molar-refractivity contribution >= 4 is 36.4 Å². The molecular weight excluding hydrogens is 346 g/mol. The lowest BCUT2D eigenvalue weighted by Crippen LogP contribution is -2.45. The number of halogens is 3. The molecule has 1 atom stereocenters. The second-order valence-electron chi connectivity index (χ2n) is 4.69. The molecule has 2 heterocycles. The van der Waals surface area contributed by atoms with Crippen LogP contribution in [-0.4, -0.2) is 41.3 Å². The highest BCUT2D eigenvalue weighted by Crippen LogP contribution is 2.18. The van der Waals surface area contributed by atoms with Crippen molar-refractivity contribution in [1.29, 1.82) is 0 Å². The quantitative estimate of drug-likeness (QED) is 0.873. The number of anilines is 1. The van der Waals surface area contributed by atoms with Crippen molar-refractivity contribution in [2.45, 2.75) is 6.10 Å². The first kappa shape index (κ1) is 19.4. The summed E-state index contributed by atoms with van der Waals surface area (Å²) in [6, 6.07) is 4.52. The molecule has 1 aliphatic heterocycles. The Kier molecular flexibility index (Phi) is 7.44. The molecule has 0 aliphatic carbocycles. The summed E-state index contributed by atoms with van der Waals surface area (Å²) in [6.07, 6.45) is 4.19. The zero-order chi connectivity index (χ0) is 14.7. The molecule has 0 spiro atoms. The van der Waals surface area contributed by atoms with Crippen molar-refractivity contribution in [1.82, 2.24) is 14.9 Å². The van der Waals surface area contributed by atoms with Gasteiger partial charge in [0.05, 0.1) is 18.6 Å². The van der Waals surface area contributed by atoms with E-state index < -0.39 is 11.9 Å². The van der Waals surface area contributed by atoms with Gasteiger partial charge in [-0.15, -0.1) is 24.8 Å². The van der Waals surface area contributed by atoms with Crippen LogP contribution in [0.4, 0.5) is 10.1 Å². The number of carbonyl (C=O) groups is 1. The van der Waals surface area contributed by atoms with Gasteiger partial charge in [0.2, 0.25) is 0 Å². The van der Waals surface area contributed by atoms with E-state index in [1.807, 2.05) is 0 Å². The van der Waals surface area contributed by atoms with Crippen LogP contribution in [0.1, 0.15) is 0 Å². The number of hydrogen-bond acceptors (Lipinski definition) is 4. The van der Waals surface area contributed by atoms with Gasteiger partial charge in [0, 0.05) is 31.2 Å². The number of rotatable bonds is 3. The van der Waals surface area contributed by atoms with Crippen LogP contribution in [0, 0.1) is 5.82 Å². The number of nitrogens with zero attached hydrogens (tertiary/aromatic N) is 2. The Hall–Kier alpha value is -1.67. The summed E-state index contributed by atoms with van der Waals surface area (Å²) >= 11 is 0. The molecule has 6 nitrogen and oxygen atoms in total. The summed E-state index contributed by atoms with van der Waals surface area (Å²) in [7, 11) is 0. The number of aromatic nitrogens is 2. The van der Waals surface area contributed by atoms with Crippen LogP contribution in [-0.2, 0) is 9.53 Å². The zero-order valence-electron chi connectivity index (χ0n) is 12.1. The van der Waals surface area contributed by atoms with Crippen LogP contribution in [0.5, 0.6) is 0 Å². The van der Waals surface area contributed by atoms with Crippen LogP contribution < -0.4 is 10.6 Å². The summed E-state index contributed by atoms with van der Waals surface area (Å²) in [6.45, 7) is 1.69. The van der Waals surface area contributed by atoms with Gasteiger partial charge in [-0.05, 0) is 18.2 Å². The molecule has 1 saturated heterocycles. The fourth-order valence-electron chi connectivity index (χ4n) is 2.15. The third kappa shape index (κ3) is 4.65. The van der Waals surface area contributed by atoms with Crippen molar-refractivity contribution in [2.75, 3.05) is 25.0 Å². The Bertz CT molecular complexity index is 634. The van der Waals surface area contributed by atoms with Gasteiger partial charge in [0.15, 0.2) is 0 Å². The van der Waals surface area contributed by atoms with Crippen molar-refractivity contribution in [3.63, 3.8) is 0 Å². The average Bonchev–Trinajstić information content (AvgIpc) is 3.02. The second-order valence-corrected chi connectivity index (χ2v) is 4.69. The number of nitrogens with one attached hydrogen (secondary N) is 2. The lowest BCUT2D eigenvalue weighted by atomic mass is 10.2. The second kappa shape index (κ2) is 8.83.